The van der Waals surface area contributed by atoms with Crippen LogP contribution in [0.5, 0.6) is 0 Å². The molecule has 0 aromatic carbocycles. The van der Waals surface area contributed by atoms with Crippen molar-refractivity contribution in [3.8, 4) is 0 Å². The van der Waals surface area contributed by atoms with E-state index < -0.39 is 9.84 Å². The van der Waals surface area contributed by atoms with Gasteiger partial charge in [0.15, 0.2) is 9.84 Å². The zero-order valence-electron chi connectivity index (χ0n) is 6.84. The minimum absolute atomic E-state index is 0.124. The van der Waals surface area contributed by atoms with Crippen LogP contribution in [0, 0.1) is 0 Å². The Morgan fingerprint density at radius 2 is 2.27 bits per heavy atom. The minimum Gasteiger partial charge on any atom is -0.315 e. The van der Waals surface area contributed by atoms with Gasteiger partial charge in [-0.05, 0) is 19.4 Å². The van der Waals surface area contributed by atoms with E-state index >= 15 is 0 Å². The third-order valence-corrected chi connectivity index (χ3v) is 4.38. The molecule has 4 heteroatoms. The van der Waals surface area contributed by atoms with Crippen LogP contribution < -0.4 is 5.32 Å². The number of nitrogens with one attached hydrogen (secondary N) is 1. The van der Waals surface area contributed by atoms with Crippen LogP contribution in [0.4, 0.5) is 0 Å². The minimum atomic E-state index is -2.78. The highest BCUT2D eigenvalue weighted by atomic mass is 32.2. The van der Waals surface area contributed by atoms with Crippen molar-refractivity contribution in [1.82, 2.24) is 5.32 Å². The maximum Gasteiger partial charge on any atom is 0.154 e. The third kappa shape index (κ3) is 2.17. The fourth-order valence-electron chi connectivity index (χ4n) is 1.36. The summed E-state index contributed by atoms with van der Waals surface area (Å²) in [6.45, 7) is 3.33. The SMILES string of the molecule is CCS(=O)(=O)C1CCCNC1. The number of piperidine rings is 1. The molecule has 1 atom stereocenters. The van der Waals surface area contributed by atoms with Gasteiger partial charge in [-0.2, -0.15) is 0 Å². The molecule has 66 valence electrons. The van der Waals surface area contributed by atoms with E-state index in [4.69, 9.17) is 0 Å². The second-order valence-corrected chi connectivity index (χ2v) is 5.49. The Morgan fingerprint density at radius 3 is 2.73 bits per heavy atom. The van der Waals surface area contributed by atoms with Gasteiger partial charge in [0.2, 0.25) is 0 Å². The molecule has 0 bridgehead atoms. The van der Waals surface area contributed by atoms with Crippen molar-refractivity contribution in [3.05, 3.63) is 0 Å². The Morgan fingerprint density at radius 1 is 1.55 bits per heavy atom. The molecule has 0 aromatic rings. The Kier molecular flexibility index (Phi) is 2.90. The monoisotopic (exact) mass is 177 g/mol. The van der Waals surface area contributed by atoms with Gasteiger partial charge >= 0.3 is 0 Å². The molecule has 0 saturated carbocycles. The molecule has 11 heavy (non-hydrogen) atoms. The molecule has 0 radical (unpaired) electrons. The van der Waals surface area contributed by atoms with E-state index in [1.54, 1.807) is 6.92 Å². The van der Waals surface area contributed by atoms with Gasteiger partial charge in [-0.15, -0.1) is 0 Å². The van der Waals surface area contributed by atoms with Gasteiger partial charge in [0, 0.05) is 12.3 Å². The second-order valence-electron chi connectivity index (χ2n) is 2.92. The average molecular weight is 177 g/mol. The first kappa shape index (κ1) is 9.00. The molecular formula is C7H15NO2S. The van der Waals surface area contributed by atoms with Gasteiger partial charge in [0.05, 0.1) is 5.25 Å². The summed E-state index contributed by atoms with van der Waals surface area (Å²) in [5.74, 6) is 0.277. The van der Waals surface area contributed by atoms with Crippen molar-refractivity contribution < 1.29 is 8.42 Å². The predicted octanol–water partition coefficient (Wildman–Crippen LogP) is 0.173. The molecule has 1 aliphatic heterocycles. The standard InChI is InChI=1S/C7H15NO2S/c1-2-11(9,10)7-4-3-5-8-6-7/h7-8H,2-6H2,1H3. The molecule has 0 spiro atoms. The molecule has 1 rings (SSSR count). The first-order chi connectivity index (χ1) is 5.17. The molecule has 1 unspecified atom stereocenters. The molecule has 0 aliphatic carbocycles. The van der Waals surface area contributed by atoms with E-state index in [1.807, 2.05) is 0 Å². The van der Waals surface area contributed by atoms with Crippen LogP contribution in [0.25, 0.3) is 0 Å². The first-order valence-corrected chi connectivity index (χ1v) is 5.80. The van der Waals surface area contributed by atoms with E-state index in [2.05, 4.69) is 5.32 Å². The zero-order valence-corrected chi connectivity index (χ0v) is 7.65. The van der Waals surface area contributed by atoms with Gasteiger partial charge in [-0.3, -0.25) is 0 Å². The lowest BCUT2D eigenvalue weighted by atomic mass is 10.2. The van der Waals surface area contributed by atoms with Crippen molar-refractivity contribution >= 4 is 9.84 Å². The van der Waals surface area contributed by atoms with Crippen molar-refractivity contribution in [3.63, 3.8) is 0 Å². The molecule has 1 aliphatic rings. The van der Waals surface area contributed by atoms with Crippen LogP contribution in [0.15, 0.2) is 0 Å². The Hall–Kier alpha value is -0.0900. The summed E-state index contributed by atoms with van der Waals surface area (Å²) in [5.41, 5.74) is 0. The first-order valence-electron chi connectivity index (χ1n) is 4.09. The molecule has 1 fully saturated rings. The smallest absolute Gasteiger partial charge is 0.154 e. The summed E-state index contributed by atoms with van der Waals surface area (Å²) in [5, 5.41) is 2.97. The predicted molar refractivity (Wildman–Crippen MR) is 45.4 cm³/mol. The van der Waals surface area contributed by atoms with Gasteiger partial charge in [-0.25, -0.2) is 8.42 Å². The number of sulfone groups is 1. The topological polar surface area (TPSA) is 46.2 Å². The normalized spacial score (nSPS) is 26.8. The van der Waals surface area contributed by atoms with Crippen LogP contribution in [0.3, 0.4) is 0 Å². The lowest BCUT2D eigenvalue weighted by molar-refractivity contribution is 0.497. The van der Waals surface area contributed by atoms with E-state index in [1.165, 1.54) is 0 Å². The van der Waals surface area contributed by atoms with E-state index in [9.17, 15) is 8.42 Å². The zero-order chi connectivity index (χ0) is 8.32. The highest BCUT2D eigenvalue weighted by molar-refractivity contribution is 7.92. The molecule has 1 N–H and O–H groups in total. The summed E-state index contributed by atoms with van der Waals surface area (Å²) in [7, 11) is -2.78. The van der Waals surface area contributed by atoms with Crippen molar-refractivity contribution in [2.45, 2.75) is 25.0 Å². The third-order valence-electron chi connectivity index (χ3n) is 2.16. The fourth-order valence-corrected chi connectivity index (χ4v) is 2.73. The number of hydrogen-bond acceptors (Lipinski definition) is 3. The largest absolute Gasteiger partial charge is 0.315 e. The summed E-state index contributed by atoms with van der Waals surface area (Å²) in [6, 6.07) is 0. The van der Waals surface area contributed by atoms with E-state index in [0.29, 0.717) is 6.54 Å². The molecule has 0 aromatic heterocycles. The van der Waals surface area contributed by atoms with Gasteiger partial charge < -0.3 is 5.32 Å². The molecule has 3 nitrogen and oxygen atoms in total. The molecule has 0 amide bonds. The summed E-state index contributed by atoms with van der Waals surface area (Å²) < 4.78 is 22.6. The highest BCUT2D eigenvalue weighted by Crippen LogP contribution is 2.11. The van der Waals surface area contributed by atoms with Gasteiger partial charge in [0.1, 0.15) is 0 Å². The highest BCUT2D eigenvalue weighted by Gasteiger charge is 2.24. The molecule has 1 heterocycles. The number of hydrogen-bond donors (Lipinski definition) is 1. The van der Waals surface area contributed by atoms with Crippen molar-refractivity contribution in [2.75, 3.05) is 18.8 Å². The lowest BCUT2D eigenvalue weighted by Gasteiger charge is -2.21. The van der Waals surface area contributed by atoms with Crippen LogP contribution in [-0.2, 0) is 9.84 Å². The maximum absolute atomic E-state index is 11.3. The summed E-state index contributed by atoms with van der Waals surface area (Å²) in [6.07, 6.45) is 1.83. The summed E-state index contributed by atoms with van der Waals surface area (Å²) >= 11 is 0. The molecular weight excluding hydrogens is 162 g/mol. The summed E-state index contributed by atoms with van der Waals surface area (Å²) in [4.78, 5) is 0. The Bertz CT molecular complexity index is 204. The Labute approximate surface area is 68.1 Å². The molecule has 1 saturated heterocycles. The Balaban J connectivity index is 2.58. The average Bonchev–Trinajstić information content (AvgIpc) is 2.06. The van der Waals surface area contributed by atoms with Crippen LogP contribution in [-0.4, -0.2) is 32.5 Å². The van der Waals surface area contributed by atoms with E-state index in [0.717, 1.165) is 19.4 Å². The van der Waals surface area contributed by atoms with Crippen molar-refractivity contribution in [2.24, 2.45) is 0 Å². The number of rotatable bonds is 2. The fraction of sp³-hybridized carbons (Fsp3) is 1.00. The van der Waals surface area contributed by atoms with Crippen LogP contribution >= 0.6 is 0 Å². The van der Waals surface area contributed by atoms with Crippen LogP contribution in [0.2, 0.25) is 0 Å². The second kappa shape index (κ2) is 3.54. The van der Waals surface area contributed by atoms with Gasteiger partial charge in [-0.1, -0.05) is 6.92 Å². The van der Waals surface area contributed by atoms with Crippen LogP contribution in [0.1, 0.15) is 19.8 Å². The van der Waals surface area contributed by atoms with Crippen molar-refractivity contribution in [1.29, 1.82) is 0 Å². The maximum atomic E-state index is 11.3. The quantitative estimate of drug-likeness (QED) is 0.654. The van der Waals surface area contributed by atoms with E-state index in [-0.39, 0.29) is 11.0 Å². The van der Waals surface area contributed by atoms with Gasteiger partial charge in [0.25, 0.3) is 0 Å². The lowest BCUT2D eigenvalue weighted by Crippen LogP contribution is -2.39.